The lowest BCUT2D eigenvalue weighted by Crippen LogP contribution is -2.35. The fourth-order valence-corrected chi connectivity index (χ4v) is 3.16. The van der Waals surface area contributed by atoms with Crippen LogP contribution in [0.5, 0.6) is 5.75 Å². The van der Waals surface area contributed by atoms with Crippen LogP contribution in [0.4, 0.5) is 4.39 Å². The van der Waals surface area contributed by atoms with Gasteiger partial charge in [-0.15, -0.1) is 11.3 Å². The van der Waals surface area contributed by atoms with Gasteiger partial charge in [0.05, 0.1) is 3.79 Å². The highest BCUT2D eigenvalue weighted by atomic mass is 79.9. The first-order valence-electron chi connectivity index (χ1n) is 6.74. The van der Waals surface area contributed by atoms with Gasteiger partial charge in [-0.2, -0.15) is 0 Å². The van der Waals surface area contributed by atoms with Crippen molar-refractivity contribution in [1.82, 2.24) is 5.32 Å². The number of thiophene rings is 1. The number of ether oxygens (including phenoxy) is 1. The third-order valence-corrected chi connectivity index (χ3v) is 4.43. The van der Waals surface area contributed by atoms with Crippen LogP contribution < -0.4 is 10.1 Å². The van der Waals surface area contributed by atoms with Crippen LogP contribution in [-0.4, -0.2) is 5.54 Å². The Morgan fingerprint density at radius 1 is 1.24 bits per heavy atom. The Labute approximate surface area is 137 Å². The van der Waals surface area contributed by atoms with Crippen LogP contribution >= 0.6 is 27.3 Å². The maximum atomic E-state index is 13.4. The van der Waals surface area contributed by atoms with Gasteiger partial charge in [0, 0.05) is 22.5 Å². The Balaban J connectivity index is 2.07. The van der Waals surface area contributed by atoms with Gasteiger partial charge in [0.1, 0.15) is 18.2 Å². The molecule has 0 saturated heterocycles. The number of hydrogen-bond donors (Lipinski definition) is 1. The summed E-state index contributed by atoms with van der Waals surface area (Å²) in [6.07, 6.45) is 0. The fraction of sp³-hybridized carbons (Fsp3) is 0.375. The van der Waals surface area contributed by atoms with Crippen LogP contribution in [0, 0.1) is 5.82 Å². The highest BCUT2D eigenvalue weighted by molar-refractivity contribution is 9.11. The third kappa shape index (κ3) is 5.41. The summed E-state index contributed by atoms with van der Waals surface area (Å²) < 4.78 is 20.4. The molecule has 1 N–H and O–H groups in total. The van der Waals surface area contributed by atoms with Crippen molar-refractivity contribution < 1.29 is 9.13 Å². The van der Waals surface area contributed by atoms with E-state index in [4.69, 9.17) is 4.74 Å². The van der Waals surface area contributed by atoms with Crippen molar-refractivity contribution in [2.75, 3.05) is 0 Å². The zero-order valence-electron chi connectivity index (χ0n) is 12.4. The zero-order valence-corrected chi connectivity index (χ0v) is 14.8. The van der Waals surface area contributed by atoms with Crippen LogP contribution in [0.1, 0.15) is 31.2 Å². The highest BCUT2D eigenvalue weighted by Gasteiger charge is 2.12. The number of benzene rings is 1. The predicted octanol–water partition coefficient (Wildman–Crippen LogP) is 5.12. The second kappa shape index (κ2) is 6.90. The molecule has 2 rings (SSSR count). The molecule has 2 nitrogen and oxygen atoms in total. The average molecular weight is 372 g/mol. The van der Waals surface area contributed by atoms with Gasteiger partial charge in [0.15, 0.2) is 0 Å². The third-order valence-electron chi connectivity index (χ3n) is 2.83. The van der Waals surface area contributed by atoms with E-state index in [-0.39, 0.29) is 11.4 Å². The van der Waals surface area contributed by atoms with E-state index in [1.807, 2.05) is 12.1 Å². The molecule has 2 aromatic rings. The fourth-order valence-electron chi connectivity index (χ4n) is 1.77. The number of hydrogen-bond acceptors (Lipinski definition) is 3. The maximum Gasteiger partial charge on any atom is 0.124 e. The predicted molar refractivity (Wildman–Crippen MR) is 89.3 cm³/mol. The van der Waals surface area contributed by atoms with Crippen molar-refractivity contribution in [2.24, 2.45) is 0 Å². The summed E-state index contributed by atoms with van der Waals surface area (Å²) in [5.41, 5.74) is 0.808. The topological polar surface area (TPSA) is 21.3 Å². The molecule has 0 atom stereocenters. The standard InChI is InChI=1S/C16H19BrFNOS/c1-16(2,3)19-9-11-8-12(18)4-6-14(11)20-10-13-5-7-15(17)21-13/h4-8,19H,9-10H2,1-3H3. The second-order valence-electron chi connectivity index (χ2n) is 5.85. The lowest BCUT2D eigenvalue weighted by atomic mass is 10.1. The Hall–Kier alpha value is -0.910. The quantitative estimate of drug-likeness (QED) is 0.787. The number of halogens is 2. The molecule has 21 heavy (non-hydrogen) atoms. The molecule has 0 radical (unpaired) electrons. The minimum atomic E-state index is -0.244. The molecule has 1 aromatic heterocycles. The molecule has 0 aliphatic carbocycles. The van der Waals surface area contributed by atoms with Crippen molar-refractivity contribution in [3.8, 4) is 5.75 Å². The lowest BCUT2D eigenvalue weighted by Gasteiger charge is -2.21. The van der Waals surface area contributed by atoms with Crippen LogP contribution in [0.3, 0.4) is 0 Å². The summed E-state index contributed by atoms with van der Waals surface area (Å²) in [6.45, 7) is 7.30. The molecule has 0 saturated carbocycles. The summed E-state index contributed by atoms with van der Waals surface area (Å²) in [5, 5.41) is 3.36. The van der Waals surface area contributed by atoms with Crippen LogP contribution in [0.25, 0.3) is 0 Å². The summed E-state index contributed by atoms with van der Waals surface area (Å²) in [7, 11) is 0. The monoisotopic (exact) mass is 371 g/mol. The van der Waals surface area contributed by atoms with E-state index in [1.54, 1.807) is 17.4 Å². The van der Waals surface area contributed by atoms with E-state index in [0.29, 0.717) is 13.2 Å². The van der Waals surface area contributed by atoms with Gasteiger partial charge in [0.2, 0.25) is 0 Å². The summed E-state index contributed by atoms with van der Waals surface area (Å²) in [4.78, 5) is 1.13. The summed E-state index contributed by atoms with van der Waals surface area (Å²) in [6, 6.07) is 8.66. The Kier molecular flexibility index (Phi) is 5.41. The van der Waals surface area contributed by atoms with Gasteiger partial charge >= 0.3 is 0 Å². The smallest absolute Gasteiger partial charge is 0.124 e. The number of nitrogens with one attached hydrogen (secondary N) is 1. The first-order valence-corrected chi connectivity index (χ1v) is 8.35. The van der Waals surface area contributed by atoms with Crippen molar-refractivity contribution in [3.05, 3.63) is 50.4 Å². The molecule has 0 fully saturated rings. The molecule has 0 aliphatic rings. The molecular formula is C16H19BrFNOS. The summed E-state index contributed by atoms with van der Waals surface area (Å²) in [5.74, 6) is 0.476. The molecule has 0 spiro atoms. The zero-order chi connectivity index (χ0) is 15.5. The normalized spacial score (nSPS) is 11.7. The lowest BCUT2D eigenvalue weighted by molar-refractivity contribution is 0.303. The van der Waals surface area contributed by atoms with Crippen molar-refractivity contribution in [2.45, 2.75) is 39.5 Å². The molecule has 0 bridgehead atoms. The van der Waals surface area contributed by atoms with Gasteiger partial charge in [-0.25, -0.2) is 4.39 Å². The van der Waals surface area contributed by atoms with Crippen molar-refractivity contribution in [1.29, 1.82) is 0 Å². The Morgan fingerprint density at radius 3 is 2.62 bits per heavy atom. The number of rotatable bonds is 5. The minimum absolute atomic E-state index is 0.0256. The van der Waals surface area contributed by atoms with E-state index in [0.717, 1.165) is 20.0 Å². The van der Waals surface area contributed by atoms with Gasteiger partial charge in [0.25, 0.3) is 0 Å². The first kappa shape index (κ1) is 16.5. The molecule has 0 aliphatic heterocycles. The van der Waals surface area contributed by atoms with E-state index in [1.165, 1.54) is 12.1 Å². The molecule has 1 heterocycles. The van der Waals surface area contributed by atoms with E-state index >= 15 is 0 Å². The largest absolute Gasteiger partial charge is 0.488 e. The van der Waals surface area contributed by atoms with E-state index < -0.39 is 0 Å². The maximum absolute atomic E-state index is 13.4. The Bertz CT molecular complexity index is 607. The molecule has 0 amide bonds. The van der Waals surface area contributed by atoms with Crippen molar-refractivity contribution >= 4 is 27.3 Å². The van der Waals surface area contributed by atoms with Crippen LogP contribution in [0.15, 0.2) is 34.1 Å². The van der Waals surface area contributed by atoms with E-state index in [2.05, 4.69) is 42.0 Å². The van der Waals surface area contributed by atoms with Gasteiger partial charge in [-0.05, 0) is 67.0 Å². The highest BCUT2D eigenvalue weighted by Crippen LogP contribution is 2.25. The van der Waals surface area contributed by atoms with Gasteiger partial charge in [-0.3, -0.25) is 0 Å². The molecule has 114 valence electrons. The van der Waals surface area contributed by atoms with Crippen LogP contribution in [-0.2, 0) is 13.2 Å². The molecular weight excluding hydrogens is 353 g/mol. The molecule has 1 aromatic carbocycles. The van der Waals surface area contributed by atoms with Crippen LogP contribution in [0.2, 0.25) is 0 Å². The second-order valence-corrected chi connectivity index (χ2v) is 8.40. The SMILES string of the molecule is CC(C)(C)NCc1cc(F)ccc1OCc1ccc(Br)s1. The summed E-state index contributed by atoms with van der Waals surface area (Å²) >= 11 is 5.07. The minimum Gasteiger partial charge on any atom is -0.488 e. The van der Waals surface area contributed by atoms with Gasteiger partial charge < -0.3 is 10.1 Å². The first-order chi connectivity index (χ1) is 9.83. The van der Waals surface area contributed by atoms with Gasteiger partial charge in [-0.1, -0.05) is 0 Å². The molecule has 0 unspecified atom stereocenters. The Morgan fingerprint density at radius 2 is 2.00 bits per heavy atom. The molecule has 5 heteroatoms. The van der Waals surface area contributed by atoms with Crippen molar-refractivity contribution in [3.63, 3.8) is 0 Å². The average Bonchev–Trinajstić information content (AvgIpc) is 2.80. The van der Waals surface area contributed by atoms with E-state index in [9.17, 15) is 4.39 Å².